The van der Waals surface area contributed by atoms with E-state index in [4.69, 9.17) is 0 Å². The number of aromatic carboxylic acids is 1. The second-order valence-electron chi connectivity index (χ2n) is 5.02. The van der Waals surface area contributed by atoms with Crippen molar-refractivity contribution in [2.24, 2.45) is 0 Å². The summed E-state index contributed by atoms with van der Waals surface area (Å²) in [6.07, 6.45) is 7.47. The Hall–Kier alpha value is -1.32. The first-order valence-corrected chi connectivity index (χ1v) is 7.02. The Morgan fingerprint density at radius 2 is 1.94 bits per heavy atom. The summed E-state index contributed by atoms with van der Waals surface area (Å²) >= 11 is 0. The van der Waals surface area contributed by atoms with Gasteiger partial charge in [-0.1, -0.05) is 33.1 Å². The summed E-state index contributed by atoms with van der Waals surface area (Å²) in [5, 5.41) is 13.9. The molecular weight excluding hydrogens is 228 g/mol. The van der Waals surface area contributed by atoms with E-state index in [1.165, 1.54) is 19.3 Å². The van der Waals surface area contributed by atoms with Crippen LogP contribution in [-0.4, -0.2) is 20.9 Å². The lowest BCUT2D eigenvalue weighted by molar-refractivity contribution is 0.0694. The summed E-state index contributed by atoms with van der Waals surface area (Å²) in [4.78, 5) is 11.4. The minimum Gasteiger partial charge on any atom is -0.478 e. The Labute approximate surface area is 108 Å². The Kier molecular flexibility index (Phi) is 4.04. The van der Waals surface area contributed by atoms with E-state index in [0.29, 0.717) is 18.0 Å². The molecule has 0 unspecified atom stereocenters. The maximum Gasteiger partial charge on any atom is 0.339 e. The van der Waals surface area contributed by atoms with Crippen LogP contribution >= 0.6 is 0 Å². The average molecular weight is 250 g/mol. The number of aryl methyl sites for hydroxylation is 1. The zero-order chi connectivity index (χ0) is 13.1. The van der Waals surface area contributed by atoms with Crippen molar-refractivity contribution in [1.29, 1.82) is 0 Å². The predicted octanol–water partition coefficient (Wildman–Crippen LogP) is 3.21. The molecule has 18 heavy (non-hydrogen) atoms. The average Bonchev–Trinajstić information content (AvgIpc) is 2.78. The molecule has 4 heteroatoms. The molecule has 1 aromatic rings. The van der Waals surface area contributed by atoms with Crippen molar-refractivity contribution in [3.8, 4) is 0 Å². The van der Waals surface area contributed by atoms with Gasteiger partial charge in [-0.3, -0.25) is 4.68 Å². The van der Waals surface area contributed by atoms with Crippen molar-refractivity contribution in [2.45, 2.75) is 64.8 Å². The number of hydrogen-bond donors (Lipinski definition) is 1. The molecule has 0 atom stereocenters. The van der Waals surface area contributed by atoms with Gasteiger partial charge in [0, 0.05) is 0 Å². The zero-order valence-corrected chi connectivity index (χ0v) is 11.3. The largest absolute Gasteiger partial charge is 0.478 e. The van der Waals surface area contributed by atoms with Gasteiger partial charge in [0.05, 0.1) is 17.4 Å². The van der Waals surface area contributed by atoms with E-state index < -0.39 is 5.97 Å². The number of carboxylic acid groups (broad SMARTS) is 1. The molecule has 2 rings (SSSR count). The van der Waals surface area contributed by atoms with E-state index in [9.17, 15) is 9.90 Å². The molecule has 1 heterocycles. The van der Waals surface area contributed by atoms with Gasteiger partial charge in [0.1, 0.15) is 5.56 Å². The van der Waals surface area contributed by atoms with Crippen molar-refractivity contribution >= 4 is 5.97 Å². The SMILES string of the molecule is CCc1nn(C2CCCCC2)c(CC)c1C(=O)O. The quantitative estimate of drug-likeness (QED) is 0.892. The first kappa shape index (κ1) is 13.1. The van der Waals surface area contributed by atoms with E-state index in [1.54, 1.807) is 0 Å². The third-order valence-electron chi connectivity index (χ3n) is 3.89. The fourth-order valence-corrected chi connectivity index (χ4v) is 2.98. The van der Waals surface area contributed by atoms with Crippen molar-refractivity contribution in [3.63, 3.8) is 0 Å². The molecule has 0 radical (unpaired) electrons. The van der Waals surface area contributed by atoms with Crippen LogP contribution in [0, 0.1) is 0 Å². The van der Waals surface area contributed by atoms with Crippen LogP contribution in [0.3, 0.4) is 0 Å². The van der Waals surface area contributed by atoms with Gasteiger partial charge in [-0.05, 0) is 25.7 Å². The lowest BCUT2D eigenvalue weighted by Gasteiger charge is -2.23. The van der Waals surface area contributed by atoms with Gasteiger partial charge in [0.25, 0.3) is 0 Å². The molecule has 1 fully saturated rings. The van der Waals surface area contributed by atoms with Gasteiger partial charge in [-0.25, -0.2) is 4.79 Å². The highest BCUT2D eigenvalue weighted by atomic mass is 16.4. The highest BCUT2D eigenvalue weighted by Gasteiger charge is 2.25. The van der Waals surface area contributed by atoms with E-state index in [-0.39, 0.29) is 0 Å². The lowest BCUT2D eigenvalue weighted by Crippen LogP contribution is -2.17. The molecule has 0 aromatic carbocycles. The molecule has 0 bridgehead atoms. The number of aromatic nitrogens is 2. The Morgan fingerprint density at radius 1 is 1.28 bits per heavy atom. The van der Waals surface area contributed by atoms with E-state index in [2.05, 4.69) is 5.10 Å². The summed E-state index contributed by atoms with van der Waals surface area (Å²) in [6, 6.07) is 0.409. The normalized spacial score (nSPS) is 17.0. The highest BCUT2D eigenvalue weighted by Crippen LogP contribution is 2.30. The second-order valence-corrected chi connectivity index (χ2v) is 5.02. The van der Waals surface area contributed by atoms with E-state index >= 15 is 0 Å². The topological polar surface area (TPSA) is 55.1 Å². The summed E-state index contributed by atoms with van der Waals surface area (Å²) in [5.41, 5.74) is 2.10. The molecule has 1 saturated carbocycles. The molecule has 100 valence electrons. The molecule has 1 aliphatic carbocycles. The summed E-state index contributed by atoms with van der Waals surface area (Å²) in [5.74, 6) is -0.828. The van der Waals surface area contributed by atoms with Crippen LogP contribution in [0.15, 0.2) is 0 Å². The summed E-state index contributed by atoms with van der Waals surface area (Å²) in [7, 11) is 0. The molecule has 0 aliphatic heterocycles. The minimum absolute atomic E-state index is 0.409. The second kappa shape index (κ2) is 5.55. The van der Waals surface area contributed by atoms with Crippen LogP contribution < -0.4 is 0 Å². The Morgan fingerprint density at radius 3 is 2.44 bits per heavy atom. The molecule has 1 aliphatic rings. The molecular formula is C14H22N2O2. The van der Waals surface area contributed by atoms with Gasteiger partial charge in [-0.15, -0.1) is 0 Å². The summed E-state index contributed by atoms with van der Waals surface area (Å²) in [6.45, 7) is 3.99. The first-order chi connectivity index (χ1) is 8.69. The number of carbonyl (C=O) groups is 1. The van der Waals surface area contributed by atoms with Crippen molar-refractivity contribution in [2.75, 3.05) is 0 Å². The molecule has 4 nitrogen and oxygen atoms in total. The maximum atomic E-state index is 11.4. The van der Waals surface area contributed by atoms with Crippen LogP contribution in [0.4, 0.5) is 0 Å². The van der Waals surface area contributed by atoms with Crippen LogP contribution in [0.5, 0.6) is 0 Å². The lowest BCUT2D eigenvalue weighted by atomic mass is 9.95. The molecule has 1 aromatic heterocycles. The van der Waals surface area contributed by atoms with Gasteiger partial charge < -0.3 is 5.11 Å². The van der Waals surface area contributed by atoms with Crippen LogP contribution in [0.25, 0.3) is 0 Å². The van der Waals surface area contributed by atoms with Gasteiger partial charge in [0.15, 0.2) is 0 Å². The van der Waals surface area contributed by atoms with Gasteiger partial charge in [-0.2, -0.15) is 5.10 Å². The molecule has 0 amide bonds. The third kappa shape index (κ3) is 2.28. The third-order valence-corrected chi connectivity index (χ3v) is 3.89. The molecule has 0 saturated heterocycles. The summed E-state index contributed by atoms with van der Waals surface area (Å²) < 4.78 is 2.02. The van der Waals surface area contributed by atoms with Crippen LogP contribution in [-0.2, 0) is 12.8 Å². The number of rotatable bonds is 4. The van der Waals surface area contributed by atoms with Gasteiger partial charge >= 0.3 is 5.97 Å². The smallest absolute Gasteiger partial charge is 0.339 e. The Balaban J connectivity index is 2.42. The number of carboxylic acids is 1. The predicted molar refractivity (Wildman–Crippen MR) is 70.1 cm³/mol. The van der Waals surface area contributed by atoms with Crippen LogP contribution in [0.2, 0.25) is 0 Å². The van der Waals surface area contributed by atoms with Crippen LogP contribution in [0.1, 0.15) is 73.7 Å². The fourth-order valence-electron chi connectivity index (χ4n) is 2.98. The first-order valence-electron chi connectivity index (χ1n) is 7.02. The number of nitrogens with zero attached hydrogens (tertiary/aromatic N) is 2. The minimum atomic E-state index is -0.828. The number of hydrogen-bond acceptors (Lipinski definition) is 2. The van der Waals surface area contributed by atoms with E-state index in [0.717, 1.165) is 30.7 Å². The standard InChI is InChI=1S/C14H22N2O2/c1-3-11-13(14(17)18)12(4-2)16(15-11)10-8-6-5-7-9-10/h10H,3-9H2,1-2H3,(H,17,18). The van der Waals surface area contributed by atoms with Crippen molar-refractivity contribution < 1.29 is 9.90 Å². The highest BCUT2D eigenvalue weighted by molar-refractivity contribution is 5.90. The zero-order valence-electron chi connectivity index (χ0n) is 11.3. The fraction of sp³-hybridized carbons (Fsp3) is 0.714. The maximum absolute atomic E-state index is 11.4. The van der Waals surface area contributed by atoms with Crippen molar-refractivity contribution in [1.82, 2.24) is 9.78 Å². The molecule has 0 spiro atoms. The molecule has 1 N–H and O–H groups in total. The van der Waals surface area contributed by atoms with Crippen molar-refractivity contribution in [3.05, 3.63) is 17.0 Å². The Bertz CT molecular complexity index is 431. The van der Waals surface area contributed by atoms with Gasteiger partial charge in [0.2, 0.25) is 0 Å². The van der Waals surface area contributed by atoms with E-state index in [1.807, 2.05) is 18.5 Å². The monoisotopic (exact) mass is 250 g/mol.